The highest BCUT2D eigenvalue weighted by Crippen LogP contribution is 2.11. The second kappa shape index (κ2) is 9.50. The van der Waals surface area contributed by atoms with E-state index in [2.05, 4.69) is 15.3 Å². The van der Waals surface area contributed by atoms with Gasteiger partial charge in [0.15, 0.2) is 0 Å². The highest BCUT2D eigenvalue weighted by Gasteiger charge is 2.22. The number of nitrogens with zero attached hydrogens (tertiary/aromatic N) is 2. The van der Waals surface area contributed by atoms with E-state index in [1.807, 2.05) is 18.7 Å². The minimum atomic E-state index is -1.05. The summed E-state index contributed by atoms with van der Waals surface area (Å²) >= 11 is 0. The van der Waals surface area contributed by atoms with Crippen molar-refractivity contribution in [2.45, 2.75) is 46.1 Å². The molecule has 0 spiro atoms. The van der Waals surface area contributed by atoms with Gasteiger partial charge in [-0.25, -0.2) is 9.78 Å². The van der Waals surface area contributed by atoms with E-state index in [-0.39, 0.29) is 30.2 Å². The third-order valence-corrected chi connectivity index (χ3v) is 4.46. The molecule has 0 bridgehead atoms. The van der Waals surface area contributed by atoms with Crippen LogP contribution in [0.1, 0.15) is 37.9 Å². The molecule has 1 atom stereocenters. The van der Waals surface area contributed by atoms with Gasteiger partial charge in [0.2, 0.25) is 11.9 Å². The van der Waals surface area contributed by atoms with Crippen LogP contribution in [0.3, 0.4) is 0 Å². The first kappa shape index (κ1) is 20.9. The Bertz CT molecular complexity index is 725. The van der Waals surface area contributed by atoms with Gasteiger partial charge in [0, 0.05) is 30.8 Å². The number of anilines is 1. The van der Waals surface area contributed by atoms with Crippen molar-refractivity contribution in [3.63, 3.8) is 0 Å². The number of hydrogen-bond acceptors (Lipinski definition) is 6. The average Bonchev–Trinajstić information content (AvgIpc) is 2.60. The predicted octanol–water partition coefficient (Wildman–Crippen LogP) is 0.463. The van der Waals surface area contributed by atoms with E-state index in [9.17, 15) is 19.5 Å². The molecule has 9 nitrogen and oxygen atoms in total. The summed E-state index contributed by atoms with van der Waals surface area (Å²) in [6, 6.07) is -0.918. The number of carboxylic acids is 1. The van der Waals surface area contributed by atoms with Crippen LogP contribution in [0, 0.1) is 12.8 Å². The maximum atomic E-state index is 12.4. The van der Waals surface area contributed by atoms with Gasteiger partial charge in [-0.2, -0.15) is 0 Å². The molecule has 1 amide bonds. The third kappa shape index (κ3) is 6.06. The number of aromatic amines is 1. The minimum absolute atomic E-state index is 0.0321. The Balaban J connectivity index is 1.99. The first-order valence-corrected chi connectivity index (χ1v) is 9.22. The molecule has 2 rings (SSSR count). The quantitative estimate of drug-likeness (QED) is 0.598. The van der Waals surface area contributed by atoms with Crippen LogP contribution in [0.4, 0.5) is 5.95 Å². The molecule has 0 unspecified atom stereocenters. The Hall–Kier alpha value is -2.42. The van der Waals surface area contributed by atoms with Crippen molar-refractivity contribution in [1.29, 1.82) is 0 Å². The first-order chi connectivity index (χ1) is 12.8. The van der Waals surface area contributed by atoms with E-state index < -0.39 is 12.0 Å². The molecular formula is C18H28N4O5. The molecule has 0 radical (unpaired) electrons. The van der Waals surface area contributed by atoms with Crippen molar-refractivity contribution >= 4 is 17.8 Å². The van der Waals surface area contributed by atoms with Crippen molar-refractivity contribution in [3.05, 3.63) is 21.6 Å². The number of aromatic nitrogens is 2. The summed E-state index contributed by atoms with van der Waals surface area (Å²) < 4.78 is 5.29. The average molecular weight is 380 g/mol. The zero-order chi connectivity index (χ0) is 20.0. The summed E-state index contributed by atoms with van der Waals surface area (Å²) in [7, 11) is 0. The lowest BCUT2D eigenvalue weighted by Crippen LogP contribution is -2.42. The number of rotatable bonds is 8. The van der Waals surface area contributed by atoms with Crippen molar-refractivity contribution < 1.29 is 19.4 Å². The lowest BCUT2D eigenvalue weighted by Gasteiger charge is -2.27. The topological polar surface area (TPSA) is 125 Å². The molecule has 1 aromatic heterocycles. The summed E-state index contributed by atoms with van der Waals surface area (Å²) in [4.78, 5) is 45.0. The number of ether oxygens (including phenoxy) is 1. The third-order valence-electron chi connectivity index (χ3n) is 4.46. The van der Waals surface area contributed by atoms with E-state index in [1.165, 1.54) is 0 Å². The lowest BCUT2D eigenvalue weighted by atomic mass is 10.0. The van der Waals surface area contributed by atoms with Crippen molar-refractivity contribution in [2.75, 3.05) is 31.2 Å². The lowest BCUT2D eigenvalue weighted by molar-refractivity contribution is -0.142. The number of H-pyrrole nitrogens is 1. The molecule has 1 aliphatic rings. The predicted molar refractivity (Wildman–Crippen MR) is 100.0 cm³/mol. The normalized spacial score (nSPS) is 15.6. The maximum Gasteiger partial charge on any atom is 0.326 e. The number of nitrogens with one attached hydrogen (secondary N) is 2. The number of aryl methyl sites for hydroxylation is 1. The summed E-state index contributed by atoms with van der Waals surface area (Å²) in [6.07, 6.45) is 0.596. The van der Waals surface area contributed by atoms with E-state index in [0.29, 0.717) is 49.9 Å². The standard InChI is InChI=1S/C18H28N4O5/c1-11(2)10-14(17(25)26)20-15(23)5-4-13-12(3)19-18(21-16(13)24)22-6-8-27-9-7-22/h11,14H,4-10H2,1-3H3,(H,20,23)(H,25,26)(H,19,21,24)/t14-/m1/s1. The molecule has 2 heterocycles. The molecule has 9 heteroatoms. The zero-order valence-electron chi connectivity index (χ0n) is 16.1. The molecule has 0 saturated carbocycles. The largest absolute Gasteiger partial charge is 0.480 e. The van der Waals surface area contributed by atoms with Gasteiger partial charge >= 0.3 is 5.97 Å². The van der Waals surface area contributed by atoms with Gasteiger partial charge < -0.3 is 20.1 Å². The fourth-order valence-corrected chi connectivity index (χ4v) is 3.01. The van der Waals surface area contributed by atoms with Crippen molar-refractivity contribution in [1.82, 2.24) is 15.3 Å². The van der Waals surface area contributed by atoms with E-state index in [4.69, 9.17) is 4.74 Å². The number of amides is 1. The number of hydrogen-bond donors (Lipinski definition) is 3. The van der Waals surface area contributed by atoms with Gasteiger partial charge in [-0.15, -0.1) is 0 Å². The molecule has 1 saturated heterocycles. The summed E-state index contributed by atoms with van der Waals surface area (Å²) in [5.41, 5.74) is 0.747. The molecule has 1 aromatic rings. The minimum Gasteiger partial charge on any atom is -0.480 e. The number of carbonyl (C=O) groups is 2. The Labute approximate surface area is 158 Å². The van der Waals surface area contributed by atoms with Crippen LogP contribution < -0.4 is 15.8 Å². The second-order valence-electron chi connectivity index (χ2n) is 7.14. The van der Waals surface area contributed by atoms with Crippen molar-refractivity contribution in [2.24, 2.45) is 5.92 Å². The smallest absolute Gasteiger partial charge is 0.326 e. The molecule has 1 aliphatic heterocycles. The van der Waals surface area contributed by atoms with Crippen LogP contribution in [0.15, 0.2) is 4.79 Å². The van der Waals surface area contributed by atoms with Crippen LogP contribution in [-0.2, 0) is 20.7 Å². The zero-order valence-corrected chi connectivity index (χ0v) is 16.1. The van der Waals surface area contributed by atoms with Crippen molar-refractivity contribution in [3.8, 4) is 0 Å². The van der Waals surface area contributed by atoms with Crippen LogP contribution in [0.5, 0.6) is 0 Å². The molecule has 0 aromatic carbocycles. The highest BCUT2D eigenvalue weighted by atomic mass is 16.5. The first-order valence-electron chi connectivity index (χ1n) is 9.22. The molecule has 150 valence electrons. The van der Waals surface area contributed by atoms with Gasteiger partial charge in [0.25, 0.3) is 5.56 Å². The molecule has 27 heavy (non-hydrogen) atoms. The van der Waals surface area contributed by atoms with E-state index >= 15 is 0 Å². The Morgan fingerprint density at radius 3 is 2.56 bits per heavy atom. The van der Waals surface area contributed by atoms with Crippen LogP contribution in [0.25, 0.3) is 0 Å². The fraction of sp³-hybridized carbons (Fsp3) is 0.667. The maximum absolute atomic E-state index is 12.4. The van der Waals surface area contributed by atoms with E-state index in [0.717, 1.165) is 0 Å². The van der Waals surface area contributed by atoms with Crippen LogP contribution in [-0.4, -0.2) is 59.3 Å². The summed E-state index contributed by atoms with van der Waals surface area (Å²) in [5.74, 6) is -0.785. The molecule has 0 aliphatic carbocycles. The van der Waals surface area contributed by atoms with E-state index in [1.54, 1.807) is 6.92 Å². The van der Waals surface area contributed by atoms with Crippen LogP contribution in [0.2, 0.25) is 0 Å². The van der Waals surface area contributed by atoms with Gasteiger partial charge in [-0.3, -0.25) is 14.6 Å². The molecule has 3 N–H and O–H groups in total. The monoisotopic (exact) mass is 380 g/mol. The Morgan fingerprint density at radius 1 is 1.33 bits per heavy atom. The number of morpholine rings is 1. The Kier molecular flexibility index (Phi) is 7.35. The number of aliphatic carboxylic acids is 1. The van der Waals surface area contributed by atoms with Crippen LogP contribution >= 0.6 is 0 Å². The van der Waals surface area contributed by atoms with Gasteiger partial charge in [-0.1, -0.05) is 13.8 Å². The fourth-order valence-electron chi connectivity index (χ4n) is 3.01. The number of carbonyl (C=O) groups excluding carboxylic acids is 1. The highest BCUT2D eigenvalue weighted by molar-refractivity contribution is 5.83. The SMILES string of the molecule is Cc1nc(N2CCOCC2)[nH]c(=O)c1CCC(=O)N[C@H](CC(C)C)C(=O)O. The molecular weight excluding hydrogens is 352 g/mol. The Morgan fingerprint density at radius 2 is 2.00 bits per heavy atom. The number of carboxylic acid groups (broad SMARTS) is 1. The van der Waals surface area contributed by atoms with Gasteiger partial charge in [-0.05, 0) is 25.7 Å². The van der Waals surface area contributed by atoms with Gasteiger partial charge in [0.05, 0.1) is 13.2 Å². The second-order valence-corrected chi connectivity index (χ2v) is 7.14. The molecule has 1 fully saturated rings. The summed E-state index contributed by atoms with van der Waals surface area (Å²) in [6.45, 7) is 8.04. The van der Waals surface area contributed by atoms with Gasteiger partial charge in [0.1, 0.15) is 6.04 Å². The summed E-state index contributed by atoms with van der Waals surface area (Å²) in [5, 5.41) is 11.7.